The van der Waals surface area contributed by atoms with Gasteiger partial charge in [-0.1, -0.05) is 26.0 Å². The highest BCUT2D eigenvalue weighted by Gasteiger charge is 2.24. The number of halogens is 4. The summed E-state index contributed by atoms with van der Waals surface area (Å²) in [6.45, 7) is 11.9. The lowest BCUT2D eigenvalue weighted by molar-refractivity contribution is 0.194. The van der Waals surface area contributed by atoms with E-state index >= 15 is 0 Å². The summed E-state index contributed by atoms with van der Waals surface area (Å²) in [5, 5.41) is 14.1. The van der Waals surface area contributed by atoms with Crippen molar-refractivity contribution in [3.63, 3.8) is 0 Å². The van der Waals surface area contributed by atoms with Crippen molar-refractivity contribution in [2.24, 2.45) is 11.7 Å². The Labute approximate surface area is 244 Å². The molecular weight excluding hydrogens is 558 g/mol. The van der Waals surface area contributed by atoms with Crippen LogP contribution in [0.3, 0.4) is 0 Å². The largest absolute Gasteiger partial charge is 0.506 e. The molecule has 212 valence electrons. The van der Waals surface area contributed by atoms with Crippen LogP contribution in [0.2, 0.25) is 0 Å². The summed E-state index contributed by atoms with van der Waals surface area (Å²) >= 11 is 0. The van der Waals surface area contributed by atoms with Gasteiger partial charge in [-0.25, -0.2) is 4.98 Å². The second-order valence-corrected chi connectivity index (χ2v) is 9.51. The monoisotopic (exact) mass is 598 g/mol. The van der Waals surface area contributed by atoms with Gasteiger partial charge in [0.15, 0.2) is 0 Å². The first-order valence-electron chi connectivity index (χ1n) is 11.7. The Bertz CT molecular complexity index is 1090. The maximum absolute atomic E-state index is 10.4. The second kappa shape index (κ2) is 16.4. The van der Waals surface area contributed by atoms with Crippen molar-refractivity contribution in [3.05, 3.63) is 47.3 Å². The number of pyridine rings is 1. The summed E-state index contributed by atoms with van der Waals surface area (Å²) < 4.78 is 2.16. The van der Waals surface area contributed by atoms with Crippen LogP contribution in [0.25, 0.3) is 11.0 Å². The molecule has 1 aromatic carbocycles. The number of benzene rings is 1. The first-order valence-corrected chi connectivity index (χ1v) is 11.7. The fourth-order valence-electron chi connectivity index (χ4n) is 4.45. The summed E-state index contributed by atoms with van der Waals surface area (Å²) in [6, 6.07) is 10.3. The number of piperidine rings is 1. The van der Waals surface area contributed by atoms with E-state index in [2.05, 4.69) is 46.6 Å². The molecular formula is C25H42Cl4N6O2. The zero-order valence-electron chi connectivity index (χ0n) is 21.8. The number of nitrogens with zero attached hydrogens (tertiary/aromatic N) is 4. The molecule has 8 nitrogen and oxygen atoms in total. The molecule has 0 radical (unpaired) electrons. The SMILES string of the molecule is Cc1ccc(O)c(Cn2c(NC3CCN(CC(N)C(C)C)CC3)nc3cccc(C)c32)n1.Cl.Cl.Cl.Cl.O. The topological polar surface area (TPSA) is 124 Å². The molecule has 0 saturated carbocycles. The van der Waals surface area contributed by atoms with E-state index in [4.69, 9.17) is 10.7 Å². The van der Waals surface area contributed by atoms with Gasteiger partial charge in [0.2, 0.25) is 5.95 Å². The highest BCUT2D eigenvalue weighted by atomic mass is 35.5. The fraction of sp³-hybridized carbons (Fsp3) is 0.520. The first kappa shape index (κ1) is 37.6. The number of imidazole rings is 1. The molecule has 12 heteroatoms. The van der Waals surface area contributed by atoms with Gasteiger partial charge in [0.25, 0.3) is 0 Å². The molecule has 1 unspecified atom stereocenters. The lowest BCUT2D eigenvalue weighted by atomic mass is 10.0. The number of hydrogen-bond donors (Lipinski definition) is 3. The summed E-state index contributed by atoms with van der Waals surface area (Å²) in [5.41, 5.74) is 11.0. The standard InChI is InChI=1S/C25H36N6O.4ClH.H2O/c1-16(2)20(26)14-30-12-10-19(11-13-30)28-25-29-21-7-5-6-17(3)24(21)31(25)15-22-23(32)9-8-18(4)27-22;;;;;/h5-9,16,19-20,32H,10-15,26H2,1-4H3,(H,28,29);4*1H;1H2. The van der Waals surface area contributed by atoms with E-state index in [0.717, 1.165) is 60.7 Å². The van der Waals surface area contributed by atoms with Crippen LogP contribution in [0.4, 0.5) is 5.95 Å². The van der Waals surface area contributed by atoms with Crippen molar-refractivity contribution in [2.75, 3.05) is 25.0 Å². The maximum Gasteiger partial charge on any atom is 0.204 e. The number of rotatable bonds is 7. The highest BCUT2D eigenvalue weighted by Crippen LogP contribution is 2.27. The molecule has 1 aliphatic heterocycles. The van der Waals surface area contributed by atoms with E-state index < -0.39 is 0 Å². The number of likely N-dealkylation sites (tertiary alicyclic amines) is 1. The number of nitrogens with two attached hydrogens (primary N) is 1. The van der Waals surface area contributed by atoms with Crippen LogP contribution in [-0.2, 0) is 6.54 Å². The molecule has 6 N–H and O–H groups in total. The Morgan fingerprint density at radius 2 is 1.68 bits per heavy atom. The number of para-hydroxylation sites is 1. The van der Waals surface area contributed by atoms with Crippen molar-refractivity contribution in [3.8, 4) is 5.75 Å². The molecule has 3 aromatic rings. The quantitative estimate of drug-likeness (QED) is 0.367. The van der Waals surface area contributed by atoms with Crippen LogP contribution in [0.15, 0.2) is 30.3 Å². The van der Waals surface area contributed by atoms with Crippen LogP contribution in [0.1, 0.15) is 43.6 Å². The Hall–Kier alpha value is -1.52. The average Bonchev–Trinajstić information content (AvgIpc) is 3.10. The van der Waals surface area contributed by atoms with Crippen molar-refractivity contribution in [1.29, 1.82) is 0 Å². The Balaban J connectivity index is 0. The van der Waals surface area contributed by atoms with E-state index in [1.165, 1.54) is 0 Å². The molecule has 37 heavy (non-hydrogen) atoms. The van der Waals surface area contributed by atoms with Gasteiger partial charge in [0, 0.05) is 37.4 Å². The molecule has 3 heterocycles. The van der Waals surface area contributed by atoms with Gasteiger partial charge in [-0.3, -0.25) is 4.98 Å². The van der Waals surface area contributed by atoms with Gasteiger partial charge in [-0.2, -0.15) is 0 Å². The third kappa shape index (κ3) is 9.03. The molecule has 1 saturated heterocycles. The van der Waals surface area contributed by atoms with Crippen LogP contribution >= 0.6 is 49.6 Å². The zero-order chi connectivity index (χ0) is 22.8. The lowest BCUT2D eigenvalue weighted by Gasteiger charge is -2.34. The number of hydrogen-bond acceptors (Lipinski definition) is 6. The molecule has 0 spiro atoms. The minimum Gasteiger partial charge on any atom is -0.506 e. The lowest BCUT2D eigenvalue weighted by Crippen LogP contribution is -2.46. The van der Waals surface area contributed by atoms with Gasteiger partial charge < -0.3 is 31.1 Å². The van der Waals surface area contributed by atoms with E-state index in [1.54, 1.807) is 6.07 Å². The Morgan fingerprint density at radius 1 is 1.03 bits per heavy atom. The summed E-state index contributed by atoms with van der Waals surface area (Å²) in [7, 11) is 0. The Morgan fingerprint density at radius 3 is 2.30 bits per heavy atom. The minimum atomic E-state index is 0. The number of anilines is 1. The molecule has 1 atom stereocenters. The third-order valence-corrected chi connectivity index (χ3v) is 6.61. The van der Waals surface area contributed by atoms with Crippen LogP contribution in [0, 0.1) is 19.8 Å². The van der Waals surface area contributed by atoms with Gasteiger partial charge in [-0.15, -0.1) is 49.6 Å². The first-order chi connectivity index (χ1) is 15.3. The predicted octanol–water partition coefficient (Wildman–Crippen LogP) is 4.52. The van der Waals surface area contributed by atoms with E-state index in [9.17, 15) is 5.11 Å². The molecule has 0 bridgehead atoms. The van der Waals surface area contributed by atoms with Gasteiger partial charge >= 0.3 is 0 Å². The summed E-state index contributed by atoms with van der Waals surface area (Å²) in [4.78, 5) is 12.0. The van der Waals surface area contributed by atoms with E-state index in [1.807, 2.05) is 25.1 Å². The van der Waals surface area contributed by atoms with Crippen molar-refractivity contribution in [1.82, 2.24) is 19.4 Å². The van der Waals surface area contributed by atoms with Gasteiger partial charge in [0.05, 0.1) is 17.6 Å². The second-order valence-electron chi connectivity index (χ2n) is 9.51. The number of fused-ring (bicyclic) bond motifs is 1. The number of nitrogens with one attached hydrogen (secondary N) is 1. The molecule has 2 aromatic heterocycles. The smallest absolute Gasteiger partial charge is 0.204 e. The van der Waals surface area contributed by atoms with Crippen LogP contribution < -0.4 is 11.1 Å². The number of aryl methyl sites for hydroxylation is 2. The highest BCUT2D eigenvalue weighted by molar-refractivity contribution is 5.86. The number of aromatic hydroxyl groups is 1. The van der Waals surface area contributed by atoms with Crippen molar-refractivity contribution >= 4 is 66.6 Å². The van der Waals surface area contributed by atoms with E-state index in [0.29, 0.717) is 24.2 Å². The molecule has 4 rings (SSSR count). The molecule has 1 fully saturated rings. The van der Waals surface area contributed by atoms with Crippen LogP contribution in [0.5, 0.6) is 5.75 Å². The predicted molar refractivity (Wildman–Crippen MR) is 163 cm³/mol. The van der Waals surface area contributed by atoms with Gasteiger partial charge in [0.1, 0.15) is 11.4 Å². The van der Waals surface area contributed by atoms with Crippen LogP contribution in [-0.4, -0.2) is 61.7 Å². The van der Waals surface area contributed by atoms with Gasteiger partial charge in [-0.05, 0) is 56.4 Å². The minimum absolute atomic E-state index is 0. The zero-order valence-corrected chi connectivity index (χ0v) is 25.1. The Kier molecular flexibility index (Phi) is 16.7. The molecule has 0 amide bonds. The van der Waals surface area contributed by atoms with Crippen molar-refractivity contribution in [2.45, 2.75) is 59.2 Å². The fourth-order valence-corrected chi connectivity index (χ4v) is 4.45. The normalized spacial score (nSPS) is 14.4. The molecule has 1 aliphatic rings. The third-order valence-electron chi connectivity index (χ3n) is 6.61. The van der Waals surface area contributed by atoms with E-state index in [-0.39, 0.29) is 66.9 Å². The molecule has 0 aliphatic carbocycles. The summed E-state index contributed by atoms with van der Waals surface area (Å²) in [6.07, 6.45) is 2.11. The summed E-state index contributed by atoms with van der Waals surface area (Å²) in [5.74, 6) is 1.56. The van der Waals surface area contributed by atoms with Crippen molar-refractivity contribution < 1.29 is 10.6 Å². The number of aromatic nitrogens is 3. The average molecular weight is 600 g/mol. The maximum atomic E-state index is 10.4.